The zero-order valence-corrected chi connectivity index (χ0v) is 11.4. The maximum atomic E-state index is 4.32. The van der Waals surface area contributed by atoms with E-state index >= 15 is 0 Å². The number of hydrogen-bond donors (Lipinski definition) is 0. The molecule has 0 aliphatic rings. The van der Waals surface area contributed by atoms with Crippen LogP contribution in [0.1, 0.15) is 0 Å². The van der Waals surface area contributed by atoms with Crippen molar-refractivity contribution < 1.29 is 20.1 Å². The van der Waals surface area contributed by atoms with E-state index in [9.17, 15) is 0 Å². The average Bonchev–Trinajstić information content (AvgIpc) is 2.39. The van der Waals surface area contributed by atoms with E-state index in [-0.39, 0.29) is 20.1 Å². The van der Waals surface area contributed by atoms with Gasteiger partial charge in [-0.25, -0.2) is 0 Å². The summed E-state index contributed by atoms with van der Waals surface area (Å²) in [7, 11) is 0. The third-order valence-electron chi connectivity index (χ3n) is 2.60. The second kappa shape index (κ2) is 5.22. The molecule has 17 heavy (non-hydrogen) atoms. The van der Waals surface area contributed by atoms with Gasteiger partial charge in [0, 0.05) is 32.0 Å². The van der Waals surface area contributed by atoms with Gasteiger partial charge in [0.05, 0.1) is 0 Å². The van der Waals surface area contributed by atoms with E-state index in [0.29, 0.717) is 0 Å². The first-order valence-corrected chi connectivity index (χ1v) is 5.26. The fourth-order valence-corrected chi connectivity index (χ4v) is 1.79. The molecular formula is C15H10IrN-. The predicted octanol–water partition coefficient (Wildman–Crippen LogP) is 3.70. The van der Waals surface area contributed by atoms with Crippen LogP contribution >= 0.6 is 0 Å². The Labute approximate surface area is 114 Å². The zero-order chi connectivity index (χ0) is 10.8. The van der Waals surface area contributed by atoms with Crippen molar-refractivity contribution >= 4 is 10.8 Å². The minimum Gasteiger partial charge on any atom is -0.295 e. The van der Waals surface area contributed by atoms with Crippen LogP contribution < -0.4 is 0 Å². The molecule has 1 nitrogen and oxygen atoms in total. The van der Waals surface area contributed by atoms with Gasteiger partial charge in [-0.2, -0.15) is 0 Å². The number of fused-ring (bicyclic) bond motifs is 1. The Morgan fingerprint density at radius 1 is 0.824 bits per heavy atom. The molecule has 0 fully saturated rings. The summed E-state index contributed by atoms with van der Waals surface area (Å²) in [6.45, 7) is 0. The van der Waals surface area contributed by atoms with E-state index in [1.807, 2.05) is 30.3 Å². The van der Waals surface area contributed by atoms with Gasteiger partial charge >= 0.3 is 0 Å². The van der Waals surface area contributed by atoms with E-state index in [4.69, 9.17) is 0 Å². The quantitative estimate of drug-likeness (QED) is 0.572. The Hall–Kier alpha value is -1.50. The van der Waals surface area contributed by atoms with Gasteiger partial charge in [-0.1, -0.05) is 41.3 Å². The summed E-state index contributed by atoms with van der Waals surface area (Å²) in [5.41, 5.74) is 2.01. The Kier molecular flexibility index (Phi) is 3.68. The Balaban J connectivity index is 0.00000108. The van der Waals surface area contributed by atoms with Crippen LogP contribution in [0.3, 0.4) is 0 Å². The van der Waals surface area contributed by atoms with Gasteiger partial charge in [-0.3, -0.25) is 4.98 Å². The molecule has 0 saturated carbocycles. The number of hydrogen-bond acceptors (Lipinski definition) is 1. The molecule has 0 unspecified atom stereocenters. The van der Waals surface area contributed by atoms with Crippen LogP contribution in [0, 0.1) is 6.07 Å². The van der Waals surface area contributed by atoms with Crippen molar-refractivity contribution in [2.24, 2.45) is 0 Å². The van der Waals surface area contributed by atoms with Crippen LogP contribution in [0.15, 0.2) is 60.8 Å². The van der Waals surface area contributed by atoms with Gasteiger partial charge in [0.25, 0.3) is 0 Å². The molecule has 0 atom stereocenters. The molecule has 1 heterocycles. The normalized spacial score (nSPS) is 9.88. The molecule has 2 heteroatoms. The second-order valence-electron chi connectivity index (χ2n) is 3.67. The van der Waals surface area contributed by atoms with Gasteiger partial charge in [0.2, 0.25) is 0 Å². The van der Waals surface area contributed by atoms with E-state index in [0.717, 1.165) is 16.6 Å². The molecule has 2 aromatic carbocycles. The van der Waals surface area contributed by atoms with E-state index in [1.54, 1.807) is 6.20 Å². The fraction of sp³-hybridized carbons (Fsp3) is 0. The molecule has 0 N–H and O–H groups in total. The van der Waals surface area contributed by atoms with Crippen molar-refractivity contribution in [2.75, 3.05) is 0 Å². The molecule has 0 aliphatic carbocycles. The third-order valence-corrected chi connectivity index (χ3v) is 2.60. The molecule has 0 aliphatic heterocycles. The summed E-state index contributed by atoms with van der Waals surface area (Å²) in [5.74, 6) is 0. The second-order valence-corrected chi connectivity index (χ2v) is 3.67. The van der Waals surface area contributed by atoms with Gasteiger partial charge in [-0.15, -0.1) is 29.7 Å². The Morgan fingerprint density at radius 2 is 1.65 bits per heavy atom. The summed E-state index contributed by atoms with van der Waals surface area (Å²) in [4.78, 5) is 4.32. The molecule has 0 spiro atoms. The van der Waals surface area contributed by atoms with Crippen LogP contribution in [-0.4, -0.2) is 4.98 Å². The van der Waals surface area contributed by atoms with Crippen LogP contribution in [0.2, 0.25) is 0 Å². The van der Waals surface area contributed by atoms with Gasteiger partial charge in [0.1, 0.15) is 0 Å². The first-order valence-electron chi connectivity index (χ1n) is 5.26. The standard InChI is InChI=1S/C15H10N.Ir/c1-2-6-13-11-14(9-8-12(13)5-1)15-7-3-4-10-16-15;/h1-10H;/q-1;. The first-order chi connectivity index (χ1) is 7.93. The summed E-state index contributed by atoms with van der Waals surface area (Å²) in [5, 5.41) is 2.34. The summed E-state index contributed by atoms with van der Waals surface area (Å²) >= 11 is 0. The van der Waals surface area contributed by atoms with Gasteiger partial charge in [-0.05, 0) is 6.07 Å². The number of pyridine rings is 1. The van der Waals surface area contributed by atoms with Gasteiger partial charge in [0.15, 0.2) is 0 Å². The maximum absolute atomic E-state index is 4.32. The topological polar surface area (TPSA) is 12.9 Å². The number of benzene rings is 2. The first kappa shape index (κ1) is 12.0. The molecule has 0 amide bonds. The van der Waals surface area contributed by atoms with Crippen molar-refractivity contribution in [1.82, 2.24) is 4.98 Å². The molecule has 85 valence electrons. The molecular weight excluding hydrogens is 386 g/mol. The molecule has 3 aromatic rings. The molecule has 0 saturated heterocycles. The van der Waals surface area contributed by atoms with E-state index in [1.165, 1.54) is 5.39 Å². The van der Waals surface area contributed by atoms with E-state index < -0.39 is 0 Å². The fourth-order valence-electron chi connectivity index (χ4n) is 1.79. The van der Waals surface area contributed by atoms with Crippen LogP contribution in [0.5, 0.6) is 0 Å². The predicted molar refractivity (Wildman–Crippen MR) is 66.0 cm³/mol. The molecule has 1 aromatic heterocycles. The number of nitrogens with zero attached hydrogens (tertiary/aromatic N) is 1. The van der Waals surface area contributed by atoms with Crippen molar-refractivity contribution in [2.45, 2.75) is 0 Å². The Morgan fingerprint density at radius 3 is 2.47 bits per heavy atom. The van der Waals surface area contributed by atoms with Crippen molar-refractivity contribution in [3.63, 3.8) is 0 Å². The summed E-state index contributed by atoms with van der Waals surface area (Å²) in [6, 6.07) is 21.7. The minimum absolute atomic E-state index is 0. The van der Waals surface area contributed by atoms with Crippen molar-refractivity contribution in [3.05, 3.63) is 66.9 Å². The van der Waals surface area contributed by atoms with Crippen LogP contribution in [0.4, 0.5) is 0 Å². The molecule has 1 radical (unpaired) electrons. The number of aromatic nitrogens is 1. The van der Waals surface area contributed by atoms with Gasteiger partial charge < -0.3 is 0 Å². The average molecular weight is 396 g/mol. The van der Waals surface area contributed by atoms with Crippen molar-refractivity contribution in [3.8, 4) is 11.3 Å². The molecule has 3 rings (SSSR count). The Bertz CT molecular complexity index is 620. The van der Waals surface area contributed by atoms with E-state index in [2.05, 4.69) is 35.3 Å². The smallest absolute Gasteiger partial charge is 0.0183 e. The maximum Gasteiger partial charge on any atom is 0.0183 e. The SMILES string of the molecule is [Ir].[c-]1c(-c2ccccn2)ccc2ccccc12. The monoisotopic (exact) mass is 397 g/mol. The minimum atomic E-state index is 0. The van der Waals surface area contributed by atoms with Crippen LogP contribution in [0.25, 0.3) is 22.0 Å². The largest absolute Gasteiger partial charge is 0.295 e. The van der Waals surface area contributed by atoms with Crippen molar-refractivity contribution in [1.29, 1.82) is 0 Å². The zero-order valence-electron chi connectivity index (χ0n) is 9.05. The molecule has 0 bridgehead atoms. The summed E-state index contributed by atoms with van der Waals surface area (Å²) < 4.78 is 0. The third kappa shape index (κ3) is 2.44. The summed E-state index contributed by atoms with van der Waals surface area (Å²) in [6.07, 6.45) is 1.80. The number of rotatable bonds is 1. The van der Waals surface area contributed by atoms with Crippen LogP contribution in [-0.2, 0) is 20.1 Å².